The Morgan fingerprint density at radius 3 is 2.91 bits per heavy atom. The van der Waals surface area contributed by atoms with Gasteiger partial charge < -0.3 is 15.4 Å². The summed E-state index contributed by atoms with van der Waals surface area (Å²) >= 11 is 5.65. The molecule has 3 aromatic heterocycles. The van der Waals surface area contributed by atoms with Crippen LogP contribution in [-0.2, 0) is 11.2 Å². The molecule has 0 atom stereocenters. The Kier molecular flexibility index (Phi) is 6.90. The van der Waals surface area contributed by atoms with Crippen molar-refractivity contribution in [3.63, 3.8) is 0 Å². The van der Waals surface area contributed by atoms with Gasteiger partial charge in [-0.3, -0.25) is 14.2 Å². The number of rotatable bonds is 8. The fourth-order valence-electron chi connectivity index (χ4n) is 3.59. The molecule has 1 amide bonds. The zero-order valence-electron chi connectivity index (χ0n) is 18.7. The summed E-state index contributed by atoms with van der Waals surface area (Å²) < 4.78 is 7.56. The molecule has 2 N–H and O–H groups in total. The maximum absolute atomic E-state index is 12.4. The van der Waals surface area contributed by atoms with Gasteiger partial charge >= 0.3 is 0 Å². The van der Waals surface area contributed by atoms with Crippen LogP contribution in [0.1, 0.15) is 25.1 Å². The number of hydrogen-bond donors (Lipinski definition) is 2. The van der Waals surface area contributed by atoms with Crippen molar-refractivity contribution in [1.29, 1.82) is 5.26 Å². The first kappa shape index (κ1) is 23.0. The molecule has 0 aliphatic rings. The number of anilines is 3. The van der Waals surface area contributed by atoms with Gasteiger partial charge in [0.25, 0.3) is 0 Å². The average molecular weight is 476 g/mol. The number of fused-ring (bicyclic) bond motifs is 2. The third-order valence-corrected chi connectivity index (χ3v) is 5.27. The molecule has 0 bridgehead atoms. The monoisotopic (exact) mass is 475 g/mol. The van der Waals surface area contributed by atoms with E-state index in [4.69, 9.17) is 21.3 Å². The van der Waals surface area contributed by atoms with Crippen LogP contribution in [0.5, 0.6) is 5.75 Å². The first-order valence-electron chi connectivity index (χ1n) is 10.7. The van der Waals surface area contributed by atoms with E-state index < -0.39 is 0 Å². The number of carbonyl (C=O) groups is 1. The average Bonchev–Trinajstić information content (AvgIpc) is 3.31. The Bertz CT molecular complexity index is 1440. The standard InChI is InChI=1S/C24H22ClN7O2/c1-3-18-17(13-26)24(28-15-7-9-32-14-27-31-22(32)10-15)16-11-20(30-23(33)6-5-8-25)21(34-4-2)12-19(16)29-18/h5-7,9-12,14H,3-4,8H2,1-2H3,(H,28,29)(H,30,33)/b6-5+. The van der Waals surface area contributed by atoms with Crippen LogP contribution in [-0.4, -0.2) is 38.0 Å². The fourth-order valence-corrected chi connectivity index (χ4v) is 3.68. The molecule has 9 nitrogen and oxygen atoms in total. The molecule has 0 spiro atoms. The molecule has 0 aliphatic carbocycles. The van der Waals surface area contributed by atoms with Crippen molar-refractivity contribution < 1.29 is 9.53 Å². The Morgan fingerprint density at radius 1 is 1.32 bits per heavy atom. The predicted octanol–water partition coefficient (Wildman–Crippen LogP) is 4.59. The number of benzene rings is 1. The van der Waals surface area contributed by atoms with E-state index in [0.717, 1.165) is 5.69 Å². The molecule has 0 saturated carbocycles. The first-order chi connectivity index (χ1) is 16.6. The lowest BCUT2D eigenvalue weighted by molar-refractivity contribution is -0.111. The third kappa shape index (κ3) is 4.63. The fraction of sp³-hybridized carbons (Fsp3) is 0.208. The molecule has 0 fully saturated rings. The van der Waals surface area contributed by atoms with E-state index in [2.05, 4.69) is 26.9 Å². The molecule has 0 aliphatic heterocycles. The van der Waals surface area contributed by atoms with Crippen molar-refractivity contribution in [2.45, 2.75) is 20.3 Å². The molecular formula is C24H22ClN7O2. The van der Waals surface area contributed by atoms with E-state index in [-0.39, 0.29) is 11.8 Å². The summed E-state index contributed by atoms with van der Waals surface area (Å²) in [6.45, 7) is 4.22. The minimum absolute atomic E-state index is 0.225. The van der Waals surface area contributed by atoms with Crippen LogP contribution in [0.15, 0.2) is 48.9 Å². The van der Waals surface area contributed by atoms with Crippen LogP contribution in [0.2, 0.25) is 0 Å². The van der Waals surface area contributed by atoms with Crippen LogP contribution in [0.4, 0.5) is 17.1 Å². The number of nitriles is 1. The summed E-state index contributed by atoms with van der Waals surface area (Å²) in [5, 5.41) is 24.8. The third-order valence-electron chi connectivity index (χ3n) is 5.09. The van der Waals surface area contributed by atoms with E-state index in [1.165, 1.54) is 6.08 Å². The van der Waals surface area contributed by atoms with Gasteiger partial charge in [-0.2, -0.15) is 5.26 Å². The lowest BCUT2D eigenvalue weighted by Crippen LogP contribution is -2.10. The summed E-state index contributed by atoms with van der Waals surface area (Å²) in [6, 6.07) is 9.52. The number of pyridine rings is 2. The number of nitrogens with one attached hydrogen (secondary N) is 2. The number of alkyl halides is 1. The van der Waals surface area contributed by atoms with E-state index in [0.29, 0.717) is 58.0 Å². The number of amides is 1. The highest BCUT2D eigenvalue weighted by atomic mass is 35.5. The van der Waals surface area contributed by atoms with Crippen molar-refractivity contribution in [2.75, 3.05) is 23.1 Å². The molecule has 1 aromatic carbocycles. The van der Waals surface area contributed by atoms with Gasteiger partial charge in [0.15, 0.2) is 5.65 Å². The van der Waals surface area contributed by atoms with Gasteiger partial charge in [-0.25, -0.2) is 0 Å². The molecule has 4 aromatic rings. The SMILES string of the molecule is CCOc1cc2nc(CC)c(C#N)c(Nc3ccn4cnnc4c3)c2cc1NC(=O)/C=C/CCl. The van der Waals surface area contributed by atoms with Crippen molar-refractivity contribution in [1.82, 2.24) is 19.6 Å². The maximum Gasteiger partial charge on any atom is 0.248 e. The molecular weight excluding hydrogens is 454 g/mol. The lowest BCUT2D eigenvalue weighted by Gasteiger charge is -2.17. The molecule has 0 unspecified atom stereocenters. The van der Waals surface area contributed by atoms with Crippen LogP contribution in [0, 0.1) is 11.3 Å². The maximum atomic E-state index is 12.4. The highest BCUT2D eigenvalue weighted by Crippen LogP contribution is 2.37. The molecule has 0 saturated heterocycles. The van der Waals surface area contributed by atoms with E-state index in [9.17, 15) is 10.1 Å². The van der Waals surface area contributed by atoms with E-state index in [1.54, 1.807) is 28.9 Å². The van der Waals surface area contributed by atoms with Crippen LogP contribution in [0.25, 0.3) is 16.6 Å². The Morgan fingerprint density at radius 2 is 2.18 bits per heavy atom. The highest BCUT2D eigenvalue weighted by molar-refractivity contribution is 6.19. The van der Waals surface area contributed by atoms with Gasteiger partial charge in [0, 0.05) is 41.4 Å². The van der Waals surface area contributed by atoms with Crippen LogP contribution >= 0.6 is 11.6 Å². The number of aryl methyl sites for hydroxylation is 1. The summed E-state index contributed by atoms with van der Waals surface area (Å²) in [6.07, 6.45) is 6.92. The summed E-state index contributed by atoms with van der Waals surface area (Å²) in [5.41, 5.74) is 4.17. The first-order valence-corrected chi connectivity index (χ1v) is 11.2. The summed E-state index contributed by atoms with van der Waals surface area (Å²) in [5.74, 6) is 0.368. The van der Waals surface area contributed by atoms with Gasteiger partial charge in [0.05, 0.1) is 34.8 Å². The van der Waals surface area contributed by atoms with Gasteiger partial charge in [-0.15, -0.1) is 21.8 Å². The number of allylic oxidation sites excluding steroid dienone is 1. The highest BCUT2D eigenvalue weighted by Gasteiger charge is 2.18. The van der Waals surface area contributed by atoms with Crippen molar-refractivity contribution >= 4 is 51.1 Å². The minimum Gasteiger partial charge on any atom is -0.492 e. The molecule has 3 heterocycles. The van der Waals surface area contributed by atoms with Crippen molar-refractivity contribution in [3.05, 3.63) is 60.2 Å². The lowest BCUT2D eigenvalue weighted by atomic mass is 10.0. The topological polar surface area (TPSA) is 117 Å². The normalized spacial score (nSPS) is 11.1. The Balaban J connectivity index is 1.89. The second kappa shape index (κ2) is 10.2. The molecule has 0 radical (unpaired) electrons. The second-order valence-electron chi connectivity index (χ2n) is 7.26. The Labute approximate surface area is 201 Å². The van der Waals surface area contributed by atoms with Gasteiger partial charge in [-0.05, 0) is 25.5 Å². The number of halogens is 1. The van der Waals surface area contributed by atoms with E-state index >= 15 is 0 Å². The number of hydrogen-bond acceptors (Lipinski definition) is 7. The Hall–Kier alpha value is -4.16. The van der Waals surface area contributed by atoms with E-state index in [1.807, 2.05) is 32.2 Å². The number of ether oxygens (including phenoxy) is 1. The summed E-state index contributed by atoms with van der Waals surface area (Å²) in [4.78, 5) is 17.1. The zero-order chi connectivity index (χ0) is 24.1. The molecule has 34 heavy (non-hydrogen) atoms. The van der Waals surface area contributed by atoms with Gasteiger partial charge in [-0.1, -0.05) is 13.0 Å². The number of aromatic nitrogens is 4. The summed E-state index contributed by atoms with van der Waals surface area (Å²) in [7, 11) is 0. The van der Waals surface area contributed by atoms with Gasteiger partial charge in [0.2, 0.25) is 5.91 Å². The largest absolute Gasteiger partial charge is 0.492 e. The molecule has 172 valence electrons. The second-order valence-corrected chi connectivity index (χ2v) is 7.56. The number of carbonyl (C=O) groups excluding carboxylic acids is 1. The minimum atomic E-state index is -0.341. The predicted molar refractivity (Wildman–Crippen MR) is 132 cm³/mol. The zero-order valence-corrected chi connectivity index (χ0v) is 19.4. The molecule has 10 heteroatoms. The van der Waals surface area contributed by atoms with Crippen LogP contribution in [0.3, 0.4) is 0 Å². The smallest absolute Gasteiger partial charge is 0.248 e. The van der Waals surface area contributed by atoms with Crippen molar-refractivity contribution in [2.24, 2.45) is 0 Å². The number of nitrogens with zero attached hydrogens (tertiary/aromatic N) is 5. The van der Waals surface area contributed by atoms with Gasteiger partial charge in [0.1, 0.15) is 18.1 Å². The van der Waals surface area contributed by atoms with Crippen molar-refractivity contribution in [3.8, 4) is 11.8 Å². The molecule has 4 rings (SSSR count). The van der Waals surface area contributed by atoms with Crippen LogP contribution < -0.4 is 15.4 Å². The quantitative estimate of drug-likeness (QED) is 0.282.